The minimum absolute atomic E-state index is 0.0820. The Morgan fingerprint density at radius 3 is 2.49 bits per heavy atom. The Labute approximate surface area is 218 Å². The van der Waals surface area contributed by atoms with E-state index in [1.54, 1.807) is 50.2 Å². The summed E-state index contributed by atoms with van der Waals surface area (Å²) in [5.41, 5.74) is 2.15. The first-order valence-corrected chi connectivity index (χ1v) is 12.4. The number of thiazole rings is 1. The molecule has 4 rings (SSSR count). The lowest BCUT2D eigenvalue weighted by Crippen LogP contribution is -2.29. The molecule has 1 atom stereocenters. The highest BCUT2D eigenvalue weighted by molar-refractivity contribution is 7.17. The molecule has 0 saturated carbocycles. The summed E-state index contributed by atoms with van der Waals surface area (Å²) >= 11 is 0.967. The van der Waals surface area contributed by atoms with Crippen LogP contribution in [0.1, 0.15) is 39.5 Å². The van der Waals surface area contributed by atoms with Gasteiger partial charge in [-0.25, -0.2) is 9.78 Å². The molecule has 0 bridgehead atoms. The number of rotatable bonds is 7. The van der Waals surface area contributed by atoms with Gasteiger partial charge in [-0.15, -0.1) is 0 Å². The number of ketones is 1. The highest BCUT2D eigenvalue weighted by Crippen LogP contribution is 2.44. The second-order valence-corrected chi connectivity index (χ2v) is 9.50. The van der Waals surface area contributed by atoms with Crippen molar-refractivity contribution in [3.8, 4) is 5.75 Å². The zero-order valence-electron chi connectivity index (χ0n) is 21.1. The molecular formula is C27H27N3O6S. The van der Waals surface area contributed by atoms with E-state index < -0.39 is 23.7 Å². The standard InChI is InChI=1S/C27H27N3O6S/c1-6-36-26(34)24-15(2)28-27(37-24)30-21(16-10-12-18(13-11-16)29(3)4)20(23(32)25(30)33)22(31)17-8-7-9-19(14-17)35-5/h7-14,21,31H,6H2,1-5H3/b22-20+. The maximum Gasteiger partial charge on any atom is 0.350 e. The summed E-state index contributed by atoms with van der Waals surface area (Å²) in [5, 5.41) is 11.5. The average Bonchev–Trinajstić information content (AvgIpc) is 3.40. The van der Waals surface area contributed by atoms with Crippen LogP contribution >= 0.6 is 11.3 Å². The Morgan fingerprint density at radius 1 is 1.16 bits per heavy atom. The van der Waals surface area contributed by atoms with Crippen molar-refractivity contribution in [2.45, 2.75) is 19.9 Å². The van der Waals surface area contributed by atoms with E-state index in [0.717, 1.165) is 17.0 Å². The molecule has 192 valence electrons. The van der Waals surface area contributed by atoms with Gasteiger partial charge >= 0.3 is 11.9 Å². The number of aromatic nitrogens is 1. The molecule has 10 heteroatoms. The van der Waals surface area contributed by atoms with Gasteiger partial charge in [0.15, 0.2) is 5.13 Å². The molecule has 37 heavy (non-hydrogen) atoms. The first-order chi connectivity index (χ1) is 17.7. The van der Waals surface area contributed by atoms with Crippen molar-refractivity contribution in [3.63, 3.8) is 0 Å². The SMILES string of the molecule is CCOC(=O)c1sc(N2C(=O)C(=O)/C(=C(/O)c3cccc(OC)c3)C2c2ccc(N(C)C)cc2)nc1C. The van der Waals surface area contributed by atoms with Crippen molar-refractivity contribution < 1.29 is 29.0 Å². The number of esters is 1. The summed E-state index contributed by atoms with van der Waals surface area (Å²) in [6.07, 6.45) is 0. The number of nitrogens with zero attached hydrogens (tertiary/aromatic N) is 3. The van der Waals surface area contributed by atoms with E-state index in [1.165, 1.54) is 12.0 Å². The fourth-order valence-corrected chi connectivity index (χ4v) is 5.08. The van der Waals surface area contributed by atoms with Gasteiger partial charge in [0.2, 0.25) is 0 Å². The van der Waals surface area contributed by atoms with E-state index >= 15 is 0 Å². The van der Waals surface area contributed by atoms with Crippen LogP contribution < -0.4 is 14.5 Å². The molecule has 1 aromatic heterocycles. The molecule has 1 amide bonds. The number of methoxy groups -OCH3 is 1. The van der Waals surface area contributed by atoms with E-state index in [0.29, 0.717) is 22.6 Å². The molecule has 1 unspecified atom stereocenters. The van der Waals surface area contributed by atoms with Crippen molar-refractivity contribution in [2.24, 2.45) is 0 Å². The summed E-state index contributed by atoms with van der Waals surface area (Å²) in [5.74, 6) is -2.11. The summed E-state index contributed by atoms with van der Waals surface area (Å²) in [6.45, 7) is 3.53. The first kappa shape index (κ1) is 25.9. The molecule has 2 aromatic carbocycles. The number of benzene rings is 2. The molecule has 1 saturated heterocycles. The highest BCUT2D eigenvalue weighted by Gasteiger charge is 2.48. The second kappa shape index (κ2) is 10.4. The van der Waals surface area contributed by atoms with Crippen LogP contribution in [0.5, 0.6) is 5.75 Å². The van der Waals surface area contributed by atoms with Crippen LogP contribution in [0.25, 0.3) is 5.76 Å². The zero-order valence-corrected chi connectivity index (χ0v) is 22.0. The van der Waals surface area contributed by atoms with Crippen LogP contribution in [0.4, 0.5) is 10.8 Å². The van der Waals surface area contributed by atoms with Crippen LogP contribution in [-0.2, 0) is 14.3 Å². The minimum Gasteiger partial charge on any atom is -0.507 e. The summed E-state index contributed by atoms with van der Waals surface area (Å²) in [7, 11) is 5.30. The number of anilines is 2. The maximum absolute atomic E-state index is 13.4. The summed E-state index contributed by atoms with van der Waals surface area (Å²) < 4.78 is 10.4. The third-order valence-electron chi connectivity index (χ3n) is 5.97. The minimum atomic E-state index is -0.969. The van der Waals surface area contributed by atoms with Gasteiger partial charge in [0, 0.05) is 25.3 Å². The number of aliphatic hydroxyl groups is 1. The van der Waals surface area contributed by atoms with Gasteiger partial charge in [-0.1, -0.05) is 35.6 Å². The number of ether oxygens (including phenoxy) is 2. The normalized spacial score (nSPS) is 16.7. The zero-order chi connectivity index (χ0) is 26.9. The van der Waals surface area contributed by atoms with Gasteiger partial charge < -0.3 is 19.5 Å². The molecule has 1 N–H and O–H groups in total. The van der Waals surface area contributed by atoms with Crippen LogP contribution in [0.2, 0.25) is 0 Å². The lowest BCUT2D eigenvalue weighted by molar-refractivity contribution is -0.132. The molecule has 2 heterocycles. The highest BCUT2D eigenvalue weighted by atomic mass is 32.1. The van der Waals surface area contributed by atoms with Gasteiger partial charge in [0.25, 0.3) is 5.78 Å². The van der Waals surface area contributed by atoms with Crippen LogP contribution in [0, 0.1) is 6.92 Å². The number of hydrogen-bond acceptors (Lipinski definition) is 9. The lowest BCUT2D eigenvalue weighted by Gasteiger charge is -2.23. The van der Waals surface area contributed by atoms with Crippen molar-refractivity contribution in [2.75, 3.05) is 37.6 Å². The molecule has 0 aliphatic carbocycles. The smallest absolute Gasteiger partial charge is 0.350 e. The number of amides is 1. The van der Waals surface area contributed by atoms with Gasteiger partial charge in [-0.05, 0) is 43.7 Å². The van der Waals surface area contributed by atoms with E-state index in [2.05, 4.69) is 4.98 Å². The number of carbonyl (C=O) groups is 3. The van der Waals surface area contributed by atoms with Crippen molar-refractivity contribution in [3.05, 3.63) is 75.8 Å². The van der Waals surface area contributed by atoms with Crippen molar-refractivity contribution in [1.82, 2.24) is 4.98 Å². The van der Waals surface area contributed by atoms with Gasteiger partial charge in [-0.3, -0.25) is 14.5 Å². The monoisotopic (exact) mass is 521 g/mol. The Hall–Kier alpha value is -4.18. The maximum atomic E-state index is 13.4. The van der Waals surface area contributed by atoms with Gasteiger partial charge in [0.1, 0.15) is 16.4 Å². The number of Topliss-reactive ketones (excluding diaryl/α,β-unsaturated/α-hetero) is 1. The predicted molar refractivity (Wildman–Crippen MR) is 141 cm³/mol. The molecule has 1 fully saturated rings. The van der Waals surface area contributed by atoms with Crippen molar-refractivity contribution >= 4 is 45.6 Å². The molecule has 9 nitrogen and oxygen atoms in total. The number of carbonyl (C=O) groups excluding carboxylic acids is 3. The van der Waals surface area contributed by atoms with E-state index in [4.69, 9.17) is 9.47 Å². The second-order valence-electron chi connectivity index (χ2n) is 8.52. The largest absolute Gasteiger partial charge is 0.507 e. The Bertz CT molecular complexity index is 1390. The summed E-state index contributed by atoms with van der Waals surface area (Å²) in [4.78, 5) is 47.0. The third-order valence-corrected chi connectivity index (χ3v) is 7.10. The number of aryl methyl sites for hydroxylation is 1. The fraction of sp³-hybridized carbons (Fsp3) is 0.259. The van der Waals surface area contributed by atoms with Crippen molar-refractivity contribution in [1.29, 1.82) is 0 Å². The fourth-order valence-electron chi connectivity index (χ4n) is 4.10. The number of aliphatic hydroxyl groups excluding tert-OH is 1. The van der Waals surface area contributed by atoms with E-state index in [9.17, 15) is 19.5 Å². The Morgan fingerprint density at radius 2 is 1.86 bits per heavy atom. The average molecular weight is 522 g/mol. The molecule has 3 aromatic rings. The van der Waals surface area contributed by atoms with E-state index in [-0.39, 0.29) is 27.9 Å². The van der Waals surface area contributed by atoms with E-state index in [1.807, 2.05) is 31.1 Å². The third kappa shape index (κ3) is 4.79. The Balaban J connectivity index is 1.91. The van der Waals surface area contributed by atoms with Crippen LogP contribution in [-0.4, -0.2) is 55.6 Å². The first-order valence-electron chi connectivity index (χ1n) is 11.5. The topological polar surface area (TPSA) is 109 Å². The predicted octanol–water partition coefficient (Wildman–Crippen LogP) is 4.33. The van der Waals surface area contributed by atoms with Gasteiger partial charge in [-0.2, -0.15) is 0 Å². The van der Waals surface area contributed by atoms with Crippen LogP contribution in [0.3, 0.4) is 0 Å². The molecule has 0 radical (unpaired) electrons. The molecule has 1 aliphatic rings. The molecule has 1 aliphatic heterocycles. The lowest BCUT2D eigenvalue weighted by atomic mass is 9.95. The van der Waals surface area contributed by atoms with Gasteiger partial charge in [0.05, 0.1) is 31.0 Å². The number of hydrogen-bond donors (Lipinski definition) is 1. The Kier molecular flexibility index (Phi) is 7.30. The quantitative estimate of drug-likeness (QED) is 0.212. The molecule has 0 spiro atoms. The van der Waals surface area contributed by atoms with Crippen LogP contribution in [0.15, 0.2) is 54.1 Å². The molecular weight excluding hydrogens is 494 g/mol. The summed E-state index contributed by atoms with van der Waals surface area (Å²) in [6, 6.07) is 12.9.